The van der Waals surface area contributed by atoms with Gasteiger partial charge in [-0.1, -0.05) is 39.8 Å². The van der Waals surface area contributed by atoms with Gasteiger partial charge in [-0.3, -0.25) is 0 Å². The van der Waals surface area contributed by atoms with Gasteiger partial charge in [-0.15, -0.1) is 0 Å². The molecule has 0 aliphatic heterocycles. The lowest BCUT2D eigenvalue weighted by Gasteiger charge is -2.13. The lowest BCUT2D eigenvalue weighted by Crippen LogP contribution is -2.11. The highest BCUT2D eigenvalue weighted by Crippen LogP contribution is 2.26. The molecule has 1 aromatic carbocycles. The Bertz CT molecular complexity index is 379. The van der Waals surface area contributed by atoms with Crippen LogP contribution in [0.5, 0.6) is 11.5 Å². The van der Waals surface area contributed by atoms with E-state index in [4.69, 9.17) is 18.9 Å². The molecule has 0 fully saturated rings. The van der Waals surface area contributed by atoms with Crippen LogP contribution in [0.3, 0.4) is 0 Å². The Morgan fingerprint density at radius 2 is 1.04 bits per heavy atom. The van der Waals surface area contributed by atoms with Crippen molar-refractivity contribution >= 4 is 0 Å². The topological polar surface area (TPSA) is 36.9 Å². The predicted octanol–water partition coefficient (Wildman–Crippen LogP) is 4.57. The first-order chi connectivity index (χ1) is 11.6. The zero-order valence-corrected chi connectivity index (χ0v) is 15.8. The average Bonchev–Trinajstić information content (AvgIpc) is 2.54. The lowest BCUT2D eigenvalue weighted by molar-refractivity contribution is 0.0843. The van der Waals surface area contributed by atoms with E-state index < -0.39 is 0 Å². The van der Waals surface area contributed by atoms with Gasteiger partial charge in [0.15, 0.2) is 11.5 Å². The summed E-state index contributed by atoms with van der Waals surface area (Å²) in [5.41, 5.74) is 0. The Balaban J connectivity index is 2.19. The van der Waals surface area contributed by atoms with Crippen LogP contribution in [0.4, 0.5) is 0 Å². The Hall–Kier alpha value is -1.26. The molecule has 0 aromatic heterocycles. The van der Waals surface area contributed by atoms with Gasteiger partial charge in [-0.05, 0) is 36.8 Å². The van der Waals surface area contributed by atoms with Crippen molar-refractivity contribution in [2.75, 3.05) is 39.6 Å². The van der Waals surface area contributed by atoms with Gasteiger partial charge in [0.2, 0.25) is 0 Å². The molecule has 0 bridgehead atoms. The minimum atomic E-state index is 0.531. The van der Waals surface area contributed by atoms with Crippen molar-refractivity contribution in [3.05, 3.63) is 24.3 Å². The van der Waals surface area contributed by atoms with Crippen LogP contribution in [0.15, 0.2) is 24.3 Å². The molecule has 24 heavy (non-hydrogen) atoms. The van der Waals surface area contributed by atoms with E-state index in [-0.39, 0.29) is 0 Å². The number of para-hydroxylation sites is 2. The molecular formula is C20H34O4. The van der Waals surface area contributed by atoms with Crippen molar-refractivity contribution < 1.29 is 18.9 Å². The summed E-state index contributed by atoms with van der Waals surface area (Å²) in [6.45, 7) is 12.6. The number of hydrogen-bond donors (Lipinski definition) is 0. The smallest absolute Gasteiger partial charge is 0.161 e. The highest BCUT2D eigenvalue weighted by atomic mass is 16.6. The zero-order chi connectivity index (χ0) is 17.6. The quantitative estimate of drug-likeness (QED) is 0.466. The fourth-order valence-electron chi connectivity index (χ4n) is 1.95. The van der Waals surface area contributed by atoms with Crippen molar-refractivity contribution in [2.24, 2.45) is 11.8 Å². The van der Waals surface area contributed by atoms with E-state index in [0.29, 0.717) is 38.3 Å². The molecule has 0 spiro atoms. The van der Waals surface area contributed by atoms with Crippen LogP contribution in [0.1, 0.15) is 40.5 Å². The molecule has 0 saturated heterocycles. The van der Waals surface area contributed by atoms with Crippen LogP contribution in [0.25, 0.3) is 0 Å². The first kappa shape index (κ1) is 20.8. The number of ether oxygens (including phenoxy) is 4. The zero-order valence-electron chi connectivity index (χ0n) is 15.8. The number of rotatable bonds is 14. The highest BCUT2D eigenvalue weighted by Gasteiger charge is 2.04. The Morgan fingerprint density at radius 3 is 1.42 bits per heavy atom. The summed E-state index contributed by atoms with van der Waals surface area (Å²) in [6, 6.07) is 7.73. The maximum absolute atomic E-state index is 5.76. The molecule has 0 N–H and O–H groups in total. The van der Waals surface area contributed by atoms with Gasteiger partial charge in [0.05, 0.1) is 13.2 Å². The molecule has 0 unspecified atom stereocenters. The third kappa shape index (κ3) is 10.5. The van der Waals surface area contributed by atoms with E-state index in [0.717, 1.165) is 37.6 Å². The second-order valence-corrected chi connectivity index (χ2v) is 6.73. The van der Waals surface area contributed by atoms with Crippen LogP contribution >= 0.6 is 0 Å². The molecule has 0 heterocycles. The first-order valence-corrected chi connectivity index (χ1v) is 9.09. The van der Waals surface area contributed by atoms with Gasteiger partial charge in [-0.2, -0.15) is 0 Å². The summed E-state index contributed by atoms with van der Waals surface area (Å²) >= 11 is 0. The largest absolute Gasteiger partial charge is 0.487 e. The minimum absolute atomic E-state index is 0.531. The van der Waals surface area contributed by atoms with Crippen molar-refractivity contribution in [3.63, 3.8) is 0 Å². The third-order valence-corrected chi connectivity index (χ3v) is 3.50. The molecular weight excluding hydrogens is 304 g/mol. The first-order valence-electron chi connectivity index (χ1n) is 9.09. The predicted molar refractivity (Wildman–Crippen MR) is 98.0 cm³/mol. The third-order valence-electron chi connectivity index (χ3n) is 3.50. The van der Waals surface area contributed by atoms with Crippen molar-refractivity contribution in [1.29, 1.82) is 0 Å². The van der Waals surface area contributed by atoms with Crippen molar-refractivity contribution in [1.82, 2.24) is 0 Å². The Morgan fingerprint density at radius 1 is 0.625 bits per heavy atom. The van der Waals surface area contributed by atoms with Crippen molar-refractivity contribution in [3.8, 4) is 11.5 Å². The minimum Gasteiger partial charge on any atom is -0.487 e. The molecule has 4 heteroatoms. The number of benzene rings is 1. The van der Waals surface area contributed by atoms with Gasteiger partial charge < -0.3 is 18.9 Å². The summed E-state index contributed by atoms with van der Waals surface area (Å²) in [5.74, 6) is 2.85. The number of hydrogen-bond acceptors (Lipinski definition) is 4. The summed E-state index contributed by atoms with van der Waals surface area (Å²) < 4.78 is 22.7. The SMILES string of the molecule is CC(C)CCOCCOc1ccccc1OCCOCCC(C)C. The Kier molecular flexibility index (Phi) is 11.3. The summed E-state index contributed by atoms with van der Waals surface area (Å²) in [4.78, 5) is 0. The van der Waals surface area contributed by atoms with Crippen LogP contribution in [0.2, 0.25) is 0 Å². The van der Waals surface area contributed by atoms with E-state index in [9.17, 15) is 0 Å². The molecule has 138 valence electrons. The van der Waals surface area contributed by atoms with Gasteiger partial charge in [0.25, 0.3) is 0 Å². The van der Waals surface area contributed by atoms with Crippen LogP contribution in [0, 0.1) is 11.8 Å². The average molecular weight is 338 g/mol. The van der Waals surface area contributed by atoms with Crippen LogP contribution in [-0.2, 0) is 9.47 Å². The molecule has 0 aliphatic rings. The van der Waals surface area contributed by atoms with E-state index in [1.165, 1.54) is 0 Å². The van der Waals surface area contributed by atoms with Gasteiger partial charge >= 0.3 is 0 Å². The molecule has 0 radical (unpaired) electrons. The van der Waals surface area contributed by atoms with E-state index in [2.05, 4.69) is 27.7 Å². The van der Waals surface area contributed by atoms with E-state index >= 15 is 0 Å². The van der Waals surface area contributed by atoms with E-state index in [1.807, 2.05) is 24.3 Å². The van der Waals surface area contributed by atoms with Gasteiger partial charge in [0, 0.05) is 13.2 Å². The van der Waals surface area contributed by atoms with Crippen LogP contribution < -0.4 is 9.47 Å². The van der Waals surface area contributed by atoms with Gasteiger partial charge in [-0.25, -0.2) is 0 Å². The van der Waals surface area contributed by atoms with Gasteiger partial charge in [0.1, 0.15) is 13.2 Å². The standard InChI is InChI=1S/C20H34O4/c1-17(2)9-11-21-13-15-23-19-7-5-6-8-20(19)24-16-14-22-12-10-18(3)4/h5-8,17-18H,9-16H2,1-4H3. The maximum atomic E-state index is 5.76. The second kappa shape index (κ2) is 13.1. The molecule has 0 atom stereocenters. The summed E-state index contributed by atoms with van der Waals surface area (Å²) in [7, 11) is 0. The molecule has 0 amide bonds. The summed E-state index contributed by atoms with van der Waals surface area (Å²) in [5, 5.41) is 0. The van der Waals surface area contributed by atoms with Crippen LogP contribution in [-0.4, -0.2) is 39.6 Å². The maximum Gasteiger partial charge on any atom is 0.161 e. The molecule has 0 saturated carbocycles. The molecule has 1 aromatic rings. The molecule has 1 rings (SSSR count). The fourth-order valence-corrected chi connectivity index (χ4v) is 1.95. The monoisotopic (exact) mass is 338 g/mol. The molecule has 4 nitrogen and oxygen atoms in total. The fraction of sp³-hybridized carbons (Fsp3) is 0.700. The molecule has 0 aliphatic carbocycles. The second-order valence-electron chi connectivity index (χ2n) is 6.73. The Labute approximate surface area is 147 Å². The normalized spacial score (nSPS) is 11.2. The lowest BCUT2D eigenvalue weighted by atomic mass is 10.1. The summed E-state index contributed by atoms with van der Waals surface area (Å²) in [6.07, 6.45) is 2.16. The van der Waals surface area contributed by atoms with Crippen molar-refractivity contribution in [2.45, 2.75) is 40.5 Å². The van der Waals surface area contributed by atoms with E-state index in [1.54, 1.807) is 0 Å². The highest BCUT2D eigenvalue weighted by molar-refractivity contribution is 5.39.